The highest BCUT2D eigenvalue weighted by atomic mass is 32.2. The second-order valence-electron chi connectivity index (χ2n) is 7.50. The predicted octanol–water partition coefficient (Wildman–Crippen LogP) is 5.55. The first-order chi connectivity index (χ1) is 15.1. The predicted molar refractivity (Wildman–Crippen MR) is 133 cm³/mol. The number of para-hydroxylation sites is 1. The van der Waals surface area contributed by atoms with E-state index in [9.17, 15) is 4.79 Å². The first kappa shape index (κ1) is 23.6. The lowest BCUT2D eigenvalue weighted by molar-refractivity contribution is -0.118. The zero-order chi connectivity index (χ0) is 22.1. The Balaban J connectivity index is 1.69. The fourth-order valence-corrected chi connectivity index (χ4v) is 5.14. The topological polar surface area (TPSA) is 45.7 Å². The van der Waals surface area contributed by atoms with Crippen LogP contribution in [-0.2, 0) is 4.79 Å². The molecule has 1 amide bonds. The molecule has 166 valence electrons. The van der Waals surface area contributed by atoms with Gasteiger partial charge in [-0.1, -0.05) is 35.6 Å². The highest BCUT2D eigenvalue weighted by Gasteiger charge is 2.20. The van der Waals surface area contributed by atoms with Gasteiger partial charge >= 0.3 is 0 Å². The quantitative estimate of drug-likeness (QED) is 0.263. The number of thiazole rings is 1. The van der Waals surface area contributed by atoms with Crippen LogP contribution >= 0.6 is 23.1 Å². The van der Waals surface area contributed by atoms with Crippen LogP contribution < -0.4 is 9.64 Å². The summed E-state index contributed by atoms with van der Waals surface area (Å²) in [6, 6.07) is 16.3. The first-order valence-electron chi connectivity index (χ1n) is 10.7. The summed E-state index contributed by atoms with van der Waals surface area (Å²) in [6.07, 6.45) is 2.28. The molecule has 3 rings (SSSR count). The van der Waals surface area contributed by atoms with Crippen LogP contribution in [0.3, 0.4) is 0 Å². The summed E-state index contributed by atoms with van der Waals surface area (Å²) in [5.74, 6) is 1.85. The second-order valence-corrected chi connectivity index (χ2v) is 9.68. The van der Waals surface area contributed by atoms with Crippen molar-refractivity contribution in [3.63, 3.8) is 0 Å². The maximum Gasteiger partial charge on any atom is 0.228 e. The van der Waals surface area contributed by atoms with Crippen molar-refractivity contribution in [3.05, 3.63) is 48.5 Å². The number of anilines is 1. The molecule has 0 saturated carbocycles. The van der Waals surface area contributed by atoms with Crippen molar-refractivity contribution >= 4 is 44.4 Å². The molecule has 0 bridgehead atoms. The lowest BCUT2D eigenvalue weighted by Crippen LogP contribution is -2.33. The van der Waals surface area contributed by atoms with Crippen molar-refractivity contribution < 1.29 is 9.53 Å². The Hall–Kier alpha value is -2.09. The van der Waals surface area contributed by atoms with Crippen molar-refractivity contribution in [1.82, 2.24) is 9.88 Å². The Labute approximate surface area is 193 Å². The van der Waals surface area contributed by atoms with Gasteiger partial charge in [-0.2, -0.15) is 0 Å². The van der Waals surface area contributed by atoms with Crippen LogP contribution in [0.5, 0.6) is 5.75 Å². The van der Waals surface area contributed by atoms with Gasteiger partial charge in [0, 0.05) is 17.9 Å². The fraction of sp³-hybridized carbons (Fsp3) is 0.417. The van der Waals surface area contributed by atoms with E-state index >= 15 is 0 Å². The Morgan fingerprint density at radius 1 is 1.06 bits per heavy atom. The number of hydrogen-bond donors (Lipinski definition) is 0. The molecular weight excluding hydrogens is 426 g/mol. The van der Waals surface area contributed by atoms with E-state index < -0.39 is 0 Å². The highest BCUT2D eigenvalue weighted by Crippen LogP contribution is 2.34. The molecule has 2 aromatic carbocycles. The number of ether oxygens (including phenoxy) is 1. The molecule has 0 N–H and O–H groups in total. The molecule has 0 aliphatic rings. The number of carbonyl (C=O) groups is 1. The average molecular weight is 458 g/mol. The van der Waals surface area contributed by atoms with Crippen molar-refractivity contribution in [2.45, 2.75) is 31.1 Å². The normalized spacial score (nSPS) is 11.2. The minimum Gasteiger partial charge on any atom is -0.492 e. The number of nitrogens with zero attached hydrogens (tertiary/aromatic N) is 3. The van der Waals surface area contributed by atoms with Gasteiger partial charge in [0.05, 0.1) is 11.3 Å². The third-order valence-corrected chi connectivity index (χ3v) is 6.88. The van der Waals surface area contributed by atoms with Crippen LogP contribution in [-0.4, -0.2) is 55.3 Å². The molecule has 1 heterocycles. The van der Waals surface area contributed by atoms with Crippen LogP contribution in [0.2, 0.25) is 0 Å². The number of hydrogen-bond acceptors (Lipinski definition) is 6. The number of benzene rings is 2. The molecule has 0 radical (unpaired) electrons. The van der Waals surface area contributed by atoms with Gasteiger partial charge in [0.1, 0.15) is 11.3 Å². The third-order valence-electron chi connectivity index (χ3n) is 4.74. The first-order valence-corrected chi connectivity index (χ1v) is 12.5. The molecule has 0 aliphatic heterocycles. The third kappa shape index (κ3) is 6.95. The van der Waals surface area contributed by atoms with Crippen LogP contribution in [0, 0.1) is 0 Å². The zero-order valence-corrected chi connectivity index (χ0v) is 20.2. The zero-order valence-electron chi connectivity index (χ0n) is 18.5. The SMILES string of the molecule is CCOc1cccc2sc(N(CCCN(C)C)C(=O)CCCSc3ccccc3)nc12. The molecule has 0 saturated heterocycles. The second kappa shape index (κ2) is 12.1. The molecule has 1 aromatic heterocycles. The van der Waals surface area contributed by atoms with Crippen LogP contribution in [0.4, 0.5) is 5.13 Å². The van der Waals surface area contributed by atoms with E-state index in [0.717, 1.165) is 46.2 Å². The fourth-order valence-electron chi connectivity index (χ4n) is 3.24. The number of rotatable bonds is 12. The summed E-state index contributed by atoms with van der Waals surface area (Å²) in [4.78, 5) is 23.2. The van der Waals surface area contributed by atoms with E-state index in [1.807, 2.05) is 48.2 Å². The molecule has 5 nitrogen and oxygen atoms in total. The monoisotopic (exact) mass is 457 g/mol. The molecule has 0 unspecified atom stereocenters. The smallest absolute Gasteiger partial charge is 0.228 e. The van der Waals surface area contributed by atoms with E-state index in [0.29, 0.717) is 19.6 Å². The van der Waals surface area contributed by atoms with Crippen molar-refractivity contribution in [3.8, 4) is 5.75 Å². The highest BCUT2D eigenvalue weighted by molar-refractivity contribution is 7.99. The van der Waals surface area contributed by atoms with E-state index in [1.54, 1.807) is 23.1 Å². The lowest BCUT2D eigenvalue weighted by Gasteiger charge is -2.21. The maximum absolute atomic E-state index is 13.2. The van der Waals surface area contributed by atoms with Crippen molar-refractivity contribution in [2.24, 2.45) is 0 Å². The average Bonchev–Trinajstić information content (AvgIpc) is 3.20. The minimum atomic E-state index is 0.143. The summed E-state index contributed by atoms with van der Waals surface area (Å²) in [6.45, 7) is 4.17. The van der Waals surface area contributed by atoms with Gasteiger partial charge in [-0.05, 0) is 70.4 Å². The van der Waals surface area contributed by atoms with Gasteiger partial charge < -0.3 is 9.64 Å². The van der Waals surface area contributed by atoms with Gasteiger partial charge in [-0.3, -0.25) is 9.69 Å². The number of thioether (sulfide) groups is 1. The van der Waals surface area contributed by atoms with E-state index in [1.165, 1.54) is 4.90 Å². The maximum atomic E-state index is 13.2. The van der Waals surface area contributed by atoms with Gasteiger partial charge in [0.2, 0.25) is 5.91 Å². The molecule has 0 spiro atoms. The molecule has 31 heavy (non-hydrogen) atoms. The van der Waals surface area contributed by atoms with Gasteiger partial charge in [0.25, 0.3) is 0 Å². The number of fused-ring (bicyclic) bond motifs is 1. The Morgan fingerprint density at radius 2 is 1.87 bits per heavy atom. The van der Waals surface area contributed by atoms with Gasteiger partial charge in [-0.25, -0.2) is 4.98 Å². The van der Waals surface area contributed by atoms with Crippen molar-refractivity contribution in [1.29, 1.82) is 0 Å². The Bertz CT molecular complexity index is 960. The number of carbonyl (C=O) groups excluding carboxylic acids is 1. The van der Waals surface area contributed by atoms with Crippen molar-refractivity contribution in [2.75, 3.05) is 44.4 Å². The summed E-state index contributed by atoms with van der Waals surface area (Å²) >= 11 is 3.36. The van der Waals surface area contributed by atoms with Gasteiger partial charge in [0.15, 0.2) is 5.13 Å². The number of amides is 1. The molecular formula is C24H31N3O2S2. The molecule has 0 atom stereocenters. The van der Waals surface area contributed by atoms with Crippen LogP contribution in [0.25, 0.3) is 10.2 Å². The Kier molecular flexibility index (Phi) is 9.18. The summed E-state index contributed by atoms with van der Waals surface area (Å²) in [5, 5.41) is 0.765. The van der Waals surface area contributed by atoms with E-state index in [2.05, 4.69) is 31.1 Å². The number of aromatic nitrogens is 1. The van der Waals surface area contributed by atoms with Gasteiger partial charge in [-0.15, -0.1) is 11.8 Å². The minimum absolute atomic E-state index is 0.143. The summed E-state index contributed by atoms with van der Waals surface area (Å²) < 4.78 is 6.79. The van der Waals surface area contributed by atoms with E-state index in [-0.39, 0.29) is 5.91 Å². The molecule has 3 aromatic rings. The Morgan fingerprint density at radius 3 is 2.61 bits per heavy atom. The lowest BCUT2D eigenvalue weighted by atomic mass is 10.3. The van der Waals surface area contributed by atoms with E-state index in [4.69, 9.17) is 9.72 Å². The molecule has 0 fully saturated rings. The molecule has 7 heteroatoms. The summed E-state index contributed by atoms with van der Waals surface area (Å²) in [7, 11) is 4.11. The van der Waals surface area contributed by atoms with Crippen LogP contribution in [0.1, 0.15) is 26.2 Å². The largest absolute Gasteiger partial charge is 0.492 e. The standard InChI is InChI=1S/C24H31N3O2S2/c1-4-29-20-13-8-14-21-23(20)25-24(31-21)27(17-10-16-26(2)3)22(28)15-9-18-30-19-11-6-5-7-12-19/h5-8,11-14H,4,9-10,15-18H2,1-3H3. The summed E-state index contributed by atoms with van der Waals surface area (Å²) in [5.41, 5.74) is 0.842. The van der Waals surface area contributed by atoms with Crippen LogP contribution in [0.15, 0.2) is 53.4 Å². The molecule has 0 aliphatic carbocycles.